The van der Waals surface area contributed by atoms with Crippen LogP contribution in [-0.2, 0) is 14.3 Å². The highest BCUT2D eigenvalue weighted by Gasteiger charge is 2.47. The Labute approximate surface area is 156 Å². The fourth-order valence-corrected chi connectivity index (χ4v) is 2.43. The summed E-state index contributed by atoms with van der Waals surface area (Å²) in [5.74, 6) is -0.992. The molecule has 1 aliphatic rings. The van der Waals surface area contributed by atoms with Crippen LogP contribution in [0.4, 0.5) is 0 Å². The van der Waals surface area contributed by atoms with Crippen LogP contribution in [0.25, 0.3) is 0 Å². The third kappa shape index (κ3) is 6.06. The van der Waals surface area contributed by atoms with E-state index in [1.54, 1.807) is 0 Å². The first-order valence-electron chi connectivity index (χ1n) is 8.28. The molecule has 9 N–H and O–H groups in total. The van der Waals surface area contributed by atoms with Crippen molar-refractivity contribution in [2.45, 2.75) is 61.4 Å². The van der Waals surface area contributed by atoms with Crippen LogP contribution in [0.5, 0.6) is 0 Å². The molecular weight excluding hydrogens is 369 g/mol. The minimum absolute atomic E-state index is 0.0290. The van der Waals surface area contributed by atoms with Gasteiger partial charge in [0, 0.05) is 6.54 Å². The van der Waals surface area contributed by atoms with Crippen LogP contribution in [-0.4, -0.2) is 129 Å². The van der Waals surface area contributed by atoms with Gasteiger partial charge in [0.05, 0.1) is 21.1 Å². The standard InChI is InChI=1S/C14H26BNO11/c15-1-2-16-13(25)12(10(23)7(20)5(19)3-17)27-14-11(24)9(22)8(21)6(4-18)26-14/h5-12,14,17-24H,1-4H2,(H,16,25)/t5-,6-,7-,8-,9+,10+,11+,12+,14-/m1/s1. The lowest BCUT2D eigenvalue weighted by Gasteiger charge is -2.41. The van der Waals surface area contributed by atoms with Crippen LogP contribution in [0.1, 0.15) is 0 Å². The number of carbonyl (C=O) groups is 1. The predicted molar refractivity (Wildman–Crippen MR) is 87.3 cm³/mol. The first kappa shape index (κ1) is 24.2. The summed E-state index contributed by atoms with van der Waals surface area (Å²) in [6.45, 7) is -1.70. The molecule has 0 aliphatic carbocycles. The van der Waals surface area contributed by atoms with Crippen molar-refractivity contribution in [3.8, 4) is 0 Å². The number of hydrogen-bond donors (Lipinski definition) is 9. The molecule has 9 atom stereocenters. The molecule has 12 nitrogen and oxygen atoms in total. The highest BCUT2D eigenvalue weighted by atomic mass is 16.7. The first-order valence-corrected chi connectivity index (χ1v) is 8.28. The SMILES string of the molecule is [B]CCNC(=O)[C@@H](O[C@H]1O[C@H](CO)[C@@H](O)[C@H](O)[C@@H]1O)[C@@H](O)[C@H](O)[C@H](O)CO. The number of nitrogens with one attached hydrogen (secondary N) is 1. The Morgan fingerprint density at radius 1 is 1.07 bits per heavy atom. The van der Waals surface area contributed by atoms with Crippen molar-refractivity contribution in [1.29, 1.82) is 0 Å². The van der Waals surface area contributed by atoms with Gasteiger partial charge in [-0.05, 0) is 0 Å². The first-order chi connectivity index (χ1) is 12.7. The zero-order chi connectivity index (χ0) is 20.7. The van der Waals surface area contributed by atoms with Crippen LogP contribution in [0, 0.1) is 0 Å². The zero-order valence-corrected chi connectivity index (χ0v) is 14.4. The Kier molecular flexibility index (Phi) is 10.0. The third-order valence-corrected chi connectivity index (χ3v) is 4.07. The van der Waals surface area contributed by atoms with Crippen LogP contribution in [0.2, 0.25) is 6.32 Å². The summed E-state index contributed by atoms with van der Waals surface area (Å²) in [4.78, 5) is 12.2. The molecule has 1 fully saturated rings. The van der Waals surface area contributed by atoms with E-state index in [4.69, 9.17) is 27.5 Å². The molecule has 0 saturated carbocycles. The number of aliphatic hydroxyl groups is 8. The molecule has 0 aromatic carbocycles. The van der Waals surface area contributed by atoms with Gasteiger partial charge < -0.3 is 55.6 Å². The second-order valence-electron chi connectivity index (χ2n) is 6.06. The Balaban J connectivity index is 2.99. The lowest BCUT2D eigenvalue weighted by Crippen LogP contribution is -2.62. The lowest BCUT2D eigenvalue weighted by molar-refractivity contribution is -0.316. The minimum Gasteiger partial charge on any atom is -0.394 e. The van der Waals surface area contributed by atoms with E-state index in [0.717, 1.165) is 0 Å². The smallest absolute Gasteiger partial charge is 0.252 e. The molecule has 13 heteroatoms. The van der Waals surface area contributed by atoms with E-state index in [0.29, 0.717) is 0 Å². The monoisotopic (exact) mass is 395 g/mol. The van der Waals surface area contributed by atoms with E-state index in [9.17, 15) is 35.4 Å². The molecule has 1 amide bonds. The second kappa shape index (κ2) is 11.2. The molecule has 0 bridgehead atoms. The Bertz CT molecular complexity index is 457. The zero-order valence-electron chi connectivity index (χ0n) is 14.4. The number of aliphatic hydroxyl groups excluding tert-OH is 8. The molecular formula is C14H26BNO11. The van der Waals surface area contributed by atoms with Gasteiger partial charge in [-0.15, -0.1) is 0 Å². The molecule has 0 spiro atoms. The molecule has 0 unspecified atom stereocenters. The summed E-state index contributed by atoms with van der Waals surface area (Å²) in [7, 11) is 5.26. The van der Waals surface area contributed by atoms with E-state index in [-0.39, 0.29) is 12.9 Å². The van der Waals surface area contributed by atoms with Gasteiger partial charge in [-0.25, -0.2) is 0 Å². The lowest BCUT2D eigenvalue weighted by atomic mass is 9.98. The summed E-state index contributed by atoms with van der Waals surface area (Å²) in [6, 6.07) is 0. The van der Waals surface area contributed by atoms with Gasteiger partial charge >= 0.3 is 0 Å². The van der Waals surface area contributed by atoms with Crippen molar-refractivity contribution < 1.29 is 55.1 Å². The van der Waals surface area contributed by atoms with E-state index in [1.807, 2.05) is 0 Å². The van der Waals surface area contributed by atoms with E-state index in [1.165, 1.54) is 0 Å². The van der Waals surface area contributed by atoms with Crippen molar-refractivity contribution in [1.82, 2.24) is 5.32 Å². The van der Waals surface area contributed by atoms with Gasteiger partial charge in [-0.2, -0.15) is 0 Å². The van der Waals surface area contributed by atoms with Crippen molar-refractivity contribution in [3.05, 3.63) is 0 Å². The Morgan fingerprint density at radius 2 is 1.70 bits per heavy atom. The largest absolute Gasteiger partial charge is 0.394 e. The Morgan fingerprint density at radius 3 is 2.22 bits per heavy atom. The quantitative estimate of drug-likeness (QED) is 0.159. The van der Waals surface area contributed by atoms with E-state index in [2.05, 4.69) is 5.32 Å². The van der Waals surface area contributed by atoms with Gasteiger partial charge in [-0.3, -0.25) is 4.79 Å². The van der Waals surface area contributed by atoms with Crippen LogP contribution < -0.4 is 5.32 Å². The molecule has 0 aromatic rings. The van der Waals surface area contributed by atoms with Crippen LogP contribution in [0.3, 0.4) is 0 Å². The highest BCUT2D eigenvalue weighted by Crippen LogP contribution is 2.24. The number of hydrogen-bond acceptors (Lipinski definition) is 11. The normalized spacial score (nSPS) is 33.1. The Hall–Kier alpha value is -0.865. The fourth-order valence-electron chi connectivity index (χ4n) is 2.43. The second-order valence-corrected chi connectivity index (χ2v) is 6.06. The number of amides is 1. The molecule has 27 heavy (non-hydrogen) atoms. The molecule has 1 rings (SSSR count). The summed E-state index contributed by atoms with van der Waals surface area (Å²) in [6.07, 6.45) is -16.2. The fraction of sp³-hybridized carbons (Fsp3) is 0.929. The number of carbonyl (C=O) groups excluding carboxylic acids is 1. The number of rotatable bonds is 10. The van der Waals surface area contributed by atoms with Crippen molar-refractivity contribution in [2.24, 2.45) is 0 Å². The molecule has 1 aliphatic heterocycles. The molecule has 1 saturated heterocycles. The van der Waals surface area contributed by atoms with Gasteiger partial charge in [0.25, 0.3) is 5.91 Å². The summed E-state index contributed by atoms with van der Waals surface area (Å²) < 4.78 is 10.3. The van der Waals surface area contributed by atoms with Gasteiger partial charge in [0.1, 0.15) is 42.7 Å². The average molecular weight is 395 g/mol. The maximum Gasteiger partial charge on any atom is 0.252 e. The molecule has 2 radical (unpaired) electrons. The summed E-state index contributed by atoms with van der Waals surface area (Å²) >= 11 is 0. The van der Waals surface area contributed by atoms with Crippen LogP contribution in [0.15, 0.2) is 0 Å². The van der Waals surface area contributed by atoms with Gasteiger partial charge in [-0.1, -0.05) is 6.32 Å². The highest BCUT2D eigenvalue weighted by molar-refractivity contribution is 6.08. The van der Waals surface area contributed by atoms with Crippen molar-refractivity contribution in [2.75, 3.05) is 19.8 Å². The summed E-state index contributed by atoms with van der Waals surface area (Å²) in [5.41, 5.74) is 0. The van der Waals surface area contributed by atoms with Gasteiger partial charge in [0.15, 0.2) is 12.4 Å². The van der Waals surface area contributed by atoms with Crippen LogP contribution >= 0.6 is 0 Å². The summed E-state index contributed by atoms with van der Waals surface area (Å²) in [5, 5.41) is 79.3. The maximum absolute atomic E-state index is 12.2. The third-order valence-electron chi connectivity index (χ3n) is 4.07. The van der Waals surface area contributed by atoms with Crippen molar-refractivity contribution >= 4 is 13.8 Å². The topological polar surface area (TPSA) is 209 Å². The van der Waals surface area contributed by atoms with Gasteiger partial charge in [0.2, 0.25) is 0 Å². The minimum atomic E-state index is -2.07. The van der Waals surface area contributed by atoms with E-state index < -0.39 is 74.2 Å². The maximum atomic E-state index is 12.2. The average Bonchev–Trinajstić information content (AvgIpc) is 2.67. The number of ether oxygens (including phenoxy) is 2. The molecule has 156 valence electrons. The van der Waals surface area contributed by atoms with E-state index >= 15 is 0 Å². The molecule has 0 aromatic heterocycles. The molecule has 1 heterocycles. The predicted octanol–water partition coefficient (Wildman–Crippen LogP) is -6.05. The van der Waals surface area contributed by atoms with Crippen molar-refractivity contribution in [3.63, 3.8) is 0 Å².